The van der Waals surface area contributed by atoms with Crippen LogP contribution in [-0.2, 0) is 25.5 Å². The first-order valence-electron chi connectivity index (χ1n) is 9.97. The number of amides is 1. The number of esters is 1. The number of hydrogen-bond acceptors (Lipinski definition) is 6. The lowest BCUT2D eigenvalue weighted by atomic mass is 9.92. The molecule has 0 fully saturated rings. The number of phenolic OH excluding ortho intramolecular Hbond substituents is 1. The molecular weight excluding hydrogens is 398 g/mol. The molecule has 1 unspecified atom stereocenters. The van der Waals surface area contributed by atoms with Crippen LogP contribution in [0, 0.1) is 5.92 Å². The molecule has 1 heterocycles. The number of rotatable bonds is 7. The van der Waals surface area contributed by atoms with Crippen LogP contribution in [0.1, 0.15) is 37.4 Å². The average molecular weight is 423 g/mol. The smallest absolute Gasteiger partial charge is 0.309 e. The summed E-state index contributed by atoms with van der Waals surface area (Å²) in [6, 6.07) is 12.1. The van der Waals surface area contributed by atoms with E-state index in [-0.39, 0.29) is 41.8 Å². The van der Waals surface area contributed by atoms with Gasteiger partial charge in [0.25, 0.3) is 5.91 Å². The van der Waals surface area contributed by atoms with Gasteiger partial charge in [0.1, 0.15) is 5.75 Å². The molecule has 1 amide bonds. The third-order valence-corrected chi connectivity index (χ3v) is 5.10. The number of ketones is 1. The van der Waals surface area contributed by atoms with Gasteiger partial charge in [-0.05, 0) is 41.3 Å². The highest BCUT2D eigenvalue weighted by atomic mass is 16.5. The fourth-order valence-corrected chi connectivity index (χ4v) is 3.62. The Morgan fingerprint density at radius 2 is 1.65 bits per heavy atom. The molecule has 1 atom stereocenters. The number of benzene rings is 2. The van der Waals surface area contributed by atoms with Crippen LogP contribution in [-0.4, -0.2) is 35.0 Å². The standard InChI is InChI=1S/C24H25NO6/c1-14(2)12-19(27)21-22(16-6-10-18(26)11-7-16)25(24(30)23(21)29)17-8-4-15(5-9-17)13-20(28)31-3/h4-11,14,22,26,29H,12-13H2,1-3H3. The monoisotopic (exact) mass is 423 g/mol. The van der Waals surface area contributed by atoms with Crippen molar-refractivity contribution in [2.75, 3.05) is 12.0 Å². The maximum Gasteiger partial charge on any atom is 0.309 e. The SMILES string of the molecule is COC(=O)Cc1ccc(N2C(=O)C(O)=C(C(=O)CC(C)C)C2c2ccc(O)cc2)cc1. The maximum atomic E-state index is 13.0. The molecule has 3 rings (SSSR count). The van der Waals surface area contributed by atoms with Crippen molar-refractivity contribution in [3.63, 3.8) is 0 Å². The number of aliphatic hydroxyl groups excluding tert-OH is 1. The largest absolute Gasteiger partial charge is 0.508 e. The van der Waals surface area contributed by atoms with Crippen molar-refractivity contribution >= 4 is 23.3 Å². The number of aliphatic hydroxyl groups is 1. The van der Waals surface area contributed by atoms with E-state index in [1.165, 1.54) is 24.1 Å². The number of anilines is 1. The highest BCUT2D eigenvalue weighted by molar-refractivity contribution is 6.16. The van der Waals surface area contributed by atoms with E-state index < -0.39 is 17.7 Å². The summed E-state index contributed by atoms with van der Waals surface area (Å²) in [7, 11) is 1.31. The molecule has 0 bridgehead atoms. The lowest BCUT2D eigenvalue weighted by Crippen LogP contribution is -2.31. The fraction of sp³-hybridized carbons (Fsp3) is 0.292. The van der Waals surface area contributed by atoms with Crippen molar-refractivity contribution in [3.05, 3.63) is 71.0 Å². The molecule has 2 N–H and O–H groups in total. The van der Waals surface area contributed by atoms with E-state index >= 15 is 0 Å². The summed E-state index contributed by atoms with van der Waals surface area (Å²) in [5.74, 6) is -1.82. The minimum absolute atomic E-state index is 0.0445. The highest BCUT2D eigenvalue weighted by Crippen LogP contribution is 2.42. The Kier molecular flexibility index (Phi) is 6.44. The van der Waals surface area contributed by atoms with E-state index in [1.54, 1.807) is 36.4 Å². The summed E-state index contributed by atoms with van der Waals surface area (Å²) in [6.07, 6.45) is 0.279. The van der Waals surface area contributed by atoms with Crippen molar-refractivity contribution in [1.29, 1.82) is 0 Å². The summed E-state index contributed by atoms with van der Waals surface area (Å²) in [5.41, 5.74) is 1.80. The number of ether oxygens (including phenoxy) is 1. The zero-order valence-corrected chi connectivity index (χ0v) is 17.7. The number of phenols is 1. The summed E-state index contributed by atoms with van der Waals surface area (Å²) < 4.78 is 4.67. The number of hydrogen-bond donors (Lipinski definition) is 2. The summed E-state index contributed by atoms with van der Waals surface area (Å²) >= 11 is 0. The van der Waals surface area contributed by atoms with Crippen LogP contribution in [0.4, 0.5) is 5.69 Å². The molecule has 0 aromatic heterocycles. The van der Waals surface area contributed by atoms with Crippen LogP contribution < -0.4 is 4.90 Å². The van der Waals surface area contributed by atoms with E-state index in [0.717, 1.165) is 0 Å². The number of carbonyl (C=O) groups is 3. The van der Waals surface area contributed by atoms with Gasteiger partial charge in [-0.2, -0.15) is 0 Å². The van der Waals surface area contributed by atoms with Gasteiger partial charge in [-0.3, -0.25) is 19.3 Å². The lowest BCUT2D eigenvalue weighted by molar-refractivity contribution is -0.139. The van der Waals surface area contributed by atoms with E-state index in [2.05, 4.69) is 4.74 Å². The zero-order valence-electron chi connectivity index (χ0n) is 17.7. The van der Waals surface area contributed by atoms with Gasteiger partial charge in [0.05, 0.1) is 25.1 Å². The van der Waals surface area contributed by atoms with E-state index in [1.807, 2.05) is 13.8 Å². The van der Waals surface area contributed by atoms with Crippen LogP contribution >= 0.6 is 0 Å². The normalized spacial score (nSPS) is 16.2. The predicted octanol–water partition coefficient (Wildman–Crippen LogP) is 3.62. The van der Waals surface area contributed by atoms with Gasteiger partial charge in [-0.25, -0.2) is 0 Å². The van der Waals surface area contributed by atoms with Crippen molar-refractivity contribution in [2.24, 2.45) is 5.92 Å². The average Bonchev–Trinajstić information content (AvgIpc) is 2.99. The first-order valence-corrected chi connectivity index (χ1v) is 9.97. The van der Waals surface area contributed by atoms with Crippen LogP contribution in [0.15, 0.2) is 59.9 Å². The summed E-state index contributed by atoms with van der Waals surface area (Å²) in [4.78, 5) is 38.8. The molecule has 1 aliphatic heterocycles. The molecule has 7 heteroatoms. The molecular formula is C24H25NO6. The molecule has 31 heavy (non-hydrogen) atoms. The maximum absolute atomic E-state index is 13.0. The van der Waals surface area contributed by atoms with Crippen LogP contribution in [0.25, 0.3) is 0 Å². The van der Waals surface area contributed by atoms with Crippen LogP contribution in [0.5, 0.6) is 5.75 Å². The van der Waals surface area contributed by atoms with E-state index in [9.17, 15) is 24.6 Å². The highest BCUT2D eigenvalue weighted by Gasteiger charge is 2.44. The number of nitrogens with zero attached hydrogens (tertiary/aromatic N) is 1. The molecule has 2 aromatic carbocycles. The quantitative estimate of drug-likeness (QED) is 0.659. The third-order valence-electron chi connectivity index (χ3n) is 5.10. The van der Waals surface area contributed by atoms with Gasteiger partial charge in [0.2, 0.25) is 0 Å². The number of carbonyl (C=O) groups excluding carboxylic acids is 3. The first-order chi connectivity index (χ1) is 14.7. The summed E-state index contributed by atoms with van der Waals surface area (Å²) in [5, 5.41) is 20.3. The Bertz CT molecular complexity index is 1020. The Morgan fingerprint density at radius 1 is 1.03 bits per heavy atom. The van der Waals surface area contributed by atoms with Gasteiger partial charge in [-0.1, -0.05) is 38.1 Å². The van der Waals surface area contributed by atoms with Crippen LogP contribution in [0.3, 0.4) is 0 Å². The topological polar surface area (TPSA) is 104 Å². The Morgan fingerprint density at radius 3 is 2.19 bits per heavy atom. The summed E-state index contributed by atoms with van der Waals surface area (Å²) in [6.45, 7) is 3.78. The zero-order chi connectivity index (χ0) is 22.7. The Hall–Kier alpha value is -3.61. The molecule has 0 radical (unpaired) electrons. The molecule has 7 nitrogen and oxygen atoms in total. The van der Waals surface area contributed by atoms with Crippen molar-refractivity contribution < 1.29 is 29.3 Å². The van der Waals surface area contributed by atoms with Gasteiger partial charge in [0, 0.05) is 12.1 Å². The molecule has 0 aliphatic carbocycles. The van der Waals surface area contributed by atoms with Crippen molar-refractivity contribution in [2.45, 2.75) is 32.7 Å². The minimum Gasteiger partial charge on any atom is -0.508 e. The molecule has 2 aromatic rings. The van der Waals surface area contributed by atoms with Gasteiger partial charge >= 0.3 is 5.97 Å². The van der Waals surface area contributed by atoms with Crippen LogP contribution in [0.2, 0.25) is 0 Å². The van der Waals surface area contributed by atoms with E-state index in [4.69, 9.17) is 0 Å². The van der Waals surface area contributed by atoms with Crippen molar-refractivity contribution in [1.82, 2.24) is 0 Å². The molecule has 162 valence electrons. The first kappa shape index (κ1) is 22.1. The number of methoxy groups -OCH3 is 1. The van der Waals surface area contributed by atoms with Gasteiger partial charge < -0.3 is 14.9 Å². The second-order valence-electron chi connectivity index (χ2n) is 7.87. The predicted molar refractivity (Wildman–Crippen MR) is 115 cm³/mol. The molecule has 1 aliphatic rings. The fourth-order valence-electron chi connectivity index (χ4n) is 3.62. The second kappa shape index (κ2) is 9.04. The van der Waals surface area contributed by atoms with Gasteiger partial charge in [0.15, 0.2) is 11.5 Å². The molecule has 0 saturated heterocycles. The minimum atomic E-state index is -0.828. The third kappa shape index (κ3) is 4.60. The Labute approximate surface area is 180 Å². The lowest BCUT2D eigenvalue weighted by Gasteiger charge is -2.27. The molecule has 0 saturated carbocycles. The number of aromatic hydroxyl groups is 1. The van der Waals surface area contributed by atoms with Crippen molar-refractivity contribution in [3.8, 4) is 5.75 Å². The van der Waals surface area contributed by atoms with Gasteiger partial charge in [-0.15, -0.1) is 0 Å². The van der Waals surface area contributed by atoms with E-state index in [0.29, 0.717) is 16.8 Å². The number of Topliss-reactive ketones (excluding diaryl/α,β-unsaturated/α-hetero) is 1. The second-order valence-corrected chi connectivity index (χ2v) is 7.87. The molecule has 0 spiro atoms. The Balaban J connectivity index is 2.04.